The Bertz CT molecular complexity index is 857. The van der Waals surface area contributed by atoms with Crippen molar-refractivity contribution in [3.8, 4) is 5.75 Å². The highest BCUT2D eigenvalue weighted by Gasteiger charge is 2.23. The first kappa shape index (κ1) is 19.1. The monoisotopic (exact) mass is 374 g/mol. The van der Waals surface area contributed by atoms with Crippen molar-refractivity contribution in [2.45, 2.75) is 38.4 Å². The first-order chi connectivity index (χ1) is 13.0. The van der Waals surface area contributed by atoms with Crippen molar-refractivity contribution in [2.24, 2.45) is 0 Å². The number of methoxy groups -OCH3 is 1. The van der Waals surface area contributed by atoms with E-state index in [1.54, 1.807) is 16.8 Å². The molecule has 0 aromatic carbocycles. The third kappa shape index (κ3) is 4.36. The lowest BCUT2D eigenvalue weighted by atomic mass is 10.1. The highest BCUT2D eigenvalue weighted by atomic mass is 16.5. The van der Waals surface area contributed by atoms with E-state index in [-0.39, 0.29) is 17.6 Å². The number of ether oxygens (including phenoxy) is 1. The second-order valence-electron chi connectivity index (χ2n) is 6.95. The van der Waals surface area contributed by atoms with E-state index in [0.717, 1.165) is 18.8 Å². The van der Waals surface area contributed by atoms with Gasteiger partial charge in [-0.3, -0.25) is 14.3 Å². The summed E-state index contributed by atoms with van der Waals surface area (Å²) in [6.45, 7) is 1.89. The Kier molecular flexibility index (Phi) is 5.90. The summed E-state index contributed by atoms with van der Waals surface area (Å²) in [5.74, 6) is 1.06. The summed E-state index contributed by atoms with van der Waals surface area (Å²) in [4.78, 5) is 31.1. The van der Waals surface area contributed by atoms with Gasteiger partial charge in [0.2, 0.25) is 0 Å². The summed E-state index contributed by atoms with van der Waals surface area (Å²) in [5, 5.41) is 7.51. The number of nitrogens with zero attached hydrogens (tertiary/aromatic N) is 5. The largest absolute Gasteiger partial charge is 0.496 e. The minimum atomic E-state index is -0.215. The minimum absolute atomic E-state index is 0.0289. The van der Waals surface area contributed by atoms with Gasteiger partial charge in [0.1, 0.15) is 11.6 Å². The summed E-state index contributed by atoms with van der Waals surface area (Å²) in [6.07, 6.45) is 5.15. The molecule has 0 saturated carbocycles. The predicted molar refractivity (Wildman–Crippen MR) is 100 cm³/mol. The number of rotatable bonds is 6. The smallest absolute Gasteiger partial charge is 0.345 e. The summed E-state index contributed by atoms with van der Waals surface area (Å²) >= 11 is 0. The van der Waals surface area contributed by atoms with Crippen LogP contribution in [0.3, 0.4) is 0 Å². The molecule has 9 nitrogen and oxygen atoms in total. The molecule has 0 aliphatic carbocycles. The maximum Gasteiger partial charge on any atom is 0.345 e. The number of pyridine rings is 1. The number of aromatic nitrogens is 4. The van der Waals surface area contributed by atoms with E-state index >= 15 is 0 Å². The van der Waals surface area contributed by atoms with E-state index in [1.165, 1.54) is 18.0 Å². The van der Waals surface area contributed by atoms with Crippen LogP contribution in [0.15, 0.2) is 23.3 Å². The zero-order valence-electron chi connectivity index (χ0n) is 16.0. The molecule has 1 amide bonds. The van der Waals surface area contributed by atoms with E-state index in [2.05, 4.69) is 15.4 Å². The Balaban J connectivity index is 1.65. The van der Waals surface area contributed by atoms with Gasteiger partial charge in [0, 0.05) is 37.9 Å². The molecule has 0 fully saturated rings. The fourth-order valence-corrected chi connectivity index (χ4v) is 3.21. The maximum absolute atomic E-state index is 12.6. The van der Waals surface area contributed by atoms with Gasteiger partial charge in [-0.15, -0.1) is 0 Å². The molecule has 1 N–H and O–H groups in total. The molecular formula is C18H26N6O3. The second-order valence-corrected chi connectivity index (χ2v) is 6.95. The van der Waals surface area contributed by atoms with Crippen molar-refractivity contribution in [3.05, 3.63) is 40.3 Å². The summed E-state index contributed by atoms with van der Waals surface area (Å²) in [6, 6.07) is 1.63. The first-order valence-electron chi connectivity index (χ1n) is 9.09. The Morgan fingerprint density at radius 3 is 2.96 bits per heavy atom. The standard InChI is InChI=1S/C18H26N6O3/c1-22(2)10-11-24-18(26)23-9-7-13(4-5-16(23)21-24)20-17(25)14-12-19-8-6-15(14)27-3/h6,8,12-13H,4-5,7,9-11H2,1-3H3,(H,20,25). The van der Waals surface area contributed by atoms with Gasteiger partial charge in [0.25, 0.3) is 5.91 Å². The Labute approximate surface area is 157 Å². The van der Waals surface area contributed by atoms with Gasteiger partial charge in [0.05, 0.1) is 19.2 Å². The molecule has 146 valence electrons. The van der Waals surface area contributed by atoms with Crippen molar-refractivity contribution in [3.63, 3.8) is 0 Å². The first-order valence-corrected chi connectivity index (χ1v) is 9.09. The van der Waals surface area contributed by atoms with Gasteiger partial charge in [0.15, 0.2) is 0 Å². The summed E-state index contributed by atoms with van der Waals surface area (Å²) in [5.41, 5.74) is 0.334. The van der Waals surface area contributed by atoms with Crippen molar-refractivity contribution in [1.82, 2.24) is 29.5 Å². The van der Waals surface area contributed by atoms with Crippen LogP contribution in [-0.4, -0.2) is 63.9 Å². The van der Waals surface area contributed by atoms with Crippen molar-refractivity contribution in [2.75, 3.05) is 27.7 Å². The number of amides is 1. The third-order valence-electron chi connectivity index (χ3n) is 4.76. The number of fused-ring (bicyclic) bond motifs is 1. The van der Waals surface area contributed by atoms with Crippen LogP contribution in [0.25, 0.3) is 0 Å². The van der Waals surface area contributed by atoms with Crippen molar-refractivity contribution in [1.29, 1.82) is 0 Å². The molecule has 0 radical (unpaired) electrons. The molecule has 0 spiro atoms. The number of likely N-dealkylation sites (N-methyl/N-ethyl adjacent to an activating group) is 1. The van der Waals surface area contributed by atoms with Crippen LogP contribution in [0.5, 0.6) is 5.75 Å². The molecule has 3 heterocycles. The quantitative estimate of drug-likeness (QED) is 0.773. The number of hydrogen-bond acceptors (Lipinski definition) is 6. The number of aryl methyl sites for hydroxylation is 1. The Morgan fingerprint density at radius 1 is 1.41 bits per heavy atom. The third-order valence-corrected chi connectivity index (χ3v) is 4.76. The van der Waals surface area contributed by atoms with Gasteiger partial charge in [-0.1, -0.05) is 0 Å². The molecule has 1 aliphatic rings. The predicted octanol–water partition coefficient (Wildman–Crippen LogP) is 0.145. The molecule has 1 aliphatic heterocycles. The van der Waals surface area contributed by atoms with Crippen LogP contribution >= 0.6 is 0 Å². The zero-order valence-corrected chi connectivity index (χ0v) is 16.0. The van der Waals surface area contributed by atoms with E-state index in [9.17, 15) is 9.59 Å². The fourth-order valence-electron chi connectivity index (χ4n) is 3.21. The molecular weight excluding hydrogens is 348 g/mol. The van der Waals surface area contributed by atoms with Gasteiger partial charge in [-0.05, 0) is 33.0 Å². The van der Waals surface area contributed by atoms with Crippen LogP contribution in [0.2, 0.25) is 0 Å². The number of hydrogen-bond donors (Lipinski definition) is 1. The topological polar surface area (TPSA) is 94.3 Å². The molecule has 2 aromatic heterocycles. The molecule has 9 heteroatoms. The van der Waals surface area contributed by atoms with Crippen LogP contribution in [0, 0.1) is 0 Å². The SMILES string of the molecule is COc1ccncc1C(=O)NC1CCc2nn(CCN(C)C)c(=O)n2CC1. The minimum Gasteiger partial charge on any atom is -0.496 e. The lowest BCUT2D eigenvalue weighted by Crippen LogP contribution is -2.36. The van der Waals surface area contributed by atoms with Crippen molar-refractivity contribution < 1.29 is 9.53 Å². The van der Waals surface area contributed by atoms with E-state index in [1.807, 2.05) is 19.0 Å². The number of carbonyl (C=O) groups is 1. The van der Waals surface area contributed by atoms with Gasteiger partial charge >= 0.3 is 5.69 Å². The van der Waals surface area contributed by atoms with Crippen molar-refractivity contribution >= 4 is 5.91 Å². The molecule has 2 aromatic rings. The van der Waals surface area contributed by atoms with Crippen LogP contribution < -0.4 is 15.7 Å². The molecule has 1 atom stereocenters. The van der Waals surface area contributed by atoms with Gasteiger partial charge in [-0.2, -0.15) is 5.10 Å². The number of nitrogens with one attached hydrogen (secondary N) is 1. The Hall–Kier alpha value is -2.68. The normalized spacial score (nSPS) is 16.7. The van der Waals surface area contributed by atoms with Crippen LogP contribution in [-0.2, 0) is 19.5 Å². The number of carbonyl (C=O) groups excluding carboxylic acids is 1. The van der Waals surface area contributed by atoms with Crippen LogP contribution in [0.1, 0.15) is 29.0 Å². The lowest BCUT2D eigenvalue weighted by molar-refractivity contribution is 0.0929. The molecule has 0 bridgehead atoms. The highest BCUT2D eigenvalue weighted by molar-refractivity contribution is 5.96. The van der Waals surface area contributed by atoms with Crippen LogP contribution in [0.4, 0.5) is 0 Å². The molecule has 3 rings (SSSR count). The van der Waals surface area contributed by atoms with Gasteiger partial charge in [-0.25, -0.2) is 9.48 Å². The zero-order chi connectivity index (χ0) is 19.4. The maximum atomic E-state index is 12.6. The van der Waals surface area contributed by atoms with E-state index in [0.29, 0.717) is 37.2 Å². The molecule has 0 saturated heterocycles. The average molecular weight is 374 g/mol. The molecule has 27 heavy (non-hydrogen) atoms. The fraction of sp³-hybridized carbons (Fsp3) is 0.556. The highest BCUT2D eigenvalue weighted by Crippen LogP contribution is 2.17. The second kappa shape index (κ2) is 8.34. The van der Waals surface area contributed by atoms with E-state index < -0.39 is 0 Å². The average Bonchev–Trinajstić information content (AvgIpc) is 2.83. The summed E-state index contributed by atoms with van der Waals surface area (Å²) in [7, 11) is 5.46. The van der Waals surface area contributed by atoms with E-state index in [4.69, 9.17) is 4.74 Å². The molecule has 1 unspecified atom stereocenters. The lowest BCUT2D eigenvalue weighted by Gasteiger charge is -2.17. The Morgan fingerprint density at radius 2 is 2.22 bits per heavy atom. The van der Waals surface area contributed by atoms with Gasteiger partial charge < -0.3 is 15.0 Å². The summed E-state index contributed by atoms with van der Waals surface area (Å²) < 4.78 is 8.49.